The van der Waals surface area contributed by atoms with Crippen molar-refractivity contribution in [2.75, 3.05) is 0 Å². The summed E-state index contributed by atoms with van der Waals surface area (Å²) < 4.78 is 3.80. The number of pyridine rings is 1. The summed E-state index contributed by atoms with van der Waals surface area (Å²) in [5.41, 5.74) is 2.98. The summed E-state index contributed by atoms with van der Waals surface area (Å²) in [5, 5.41) is 6.52. The van der Waals surface area contributed by atoms with E-state index in [0.717, 1.165) is 22.7 Å². The van der Waals surface area contributed by atoms with Gasteiger partial charge >= 0.3 is 0 Å². The maximum atomic E-state index is 4.66. The third kappa shape index (κ3) is 2.57. The van der Waals surface area contributed by atoms with Gasteiger partial charge in [-0.2, -0.15) is 0 Å². The first-order chi connectivity index (χ1) is 11.2. The smallest absolute Gasteiger partial charge is 0.175 e. The Morgan fingerprint density at radius 3 is 2.83 bits per heavy atom. The molecule has 0 aliphatic rings. The fourth-order valence-electron chi connectivity index (χ4n) is 2.45. The quantitative estimate of drug-likeness (QED) is 0.578. The summed E-state index contributed by atoms with van der Waals surface area (Å²) in [5.74, 6) is 1.56. The summed E-state index contributed by atoms with van der Waals surface area (Å²) in [6.45, 7) is 2.03. The Morgan fingerprint density at radius 1 is 1.13 bits per heavy atom. The minimum atomic E-state index is 0.681. The number of imidazole rings is 1. The number of aryl methyl sites for hydroxylation is 2. The maximum Gasteiger partial charge on any atom is 0.175 e. The molecule has 0 fully saturated rings. The molecule has 4 aromatic heterocycles. The van der Waals surface area contributed by atoms with Crippen molar-refractivity contribution < 1.29 is 0 Å². The maximum absolute atomic E-state index is 4.66. The van der Waals surface area contributed by atoms with Gasteiger partial charge in [-0.25, -0.2) is 14.5 Å². The van der Waals surface area contributed by atoms with Crippen LogP contribution in [-0.4, -0.2) is 24.1 Å². The highest BCUT2D eigenvalue weighted by Crippen LogP contribution is 2.23. The second-order valence-corrected chi connectivity index (χ2v) is 6.28. The highest BCUT2D eigenvalue weighted by molar-refractivity contribution is 7.13. The lowest BCUT2D eigenvalue weighted by Crippen LogP contribution is -1.89. The number of rotatable bonds is 3. The van der Waals surface area contributed by atoms with Gasteiger partial charge in [0, 0.05) is 19.4 Å². The summed E-state index contributed by atoms with van der Waals surface area (Å²) in [6, 6.07) is 8.11. The van der Waals surface area contributed by atoms with E-state index in [4.69, 9.17) is 0 Å². The molecule has 0 unspecified atom stereocenters. The highest BCUT2D eigenvalue weighted by Gasteiger charge is 2.07. The normalized spacial score (nSPS) is 11.7. The van der Waals surface area contributed by atoms with Gasteiger partial charge in [-0.3, -0.25) is 0 Å². The van der Waals surface area contributed by atoms with E-state index in [-0.39, 0.29) is 0 Å². The molecule has 0 aromatic carbocycles. The minimum Gasteiger partial charge on any atom is -0.334 e. The van der Waals surface area contributed by atoms with Crippen molar-refractivity contribution in [2.24, 2.45) is 7.05 Å². The second-order valence-electron chi connectivity index (χ2n) is 5.34. The van der Waals surface area contributed by atoms with Gasteiger partial charge in [0.25, 0.3) is 0 Å². The topological polar surface area (TPSA) is 48.0 Å². The van der Waals surface area contributed by atoms with Gasteiger partial charge < -0.3 is 4.57 Å². The van der Waals surface area contributed by atoms with Crippen LogP contribution in [0.4, 0.5) is 0 Å². The van der Waals surface area contributed by atoms with Crippen molar-refractivity contribution in [1.29, 1.82) is 0 Å². The Morgan fingerprint density at radius 2 is 2.04 bits per heavy atom. The number of hydrogen-bond acceptors (Lipinski definition) is 4. The van der Waals surface area contributed by atoms with Crippen LogP contribution in [0.1, 0.15) is 17.2 Å². The van der Waals surface area contributed by atoms with Crippen LogP contribution in [0.2, 0.25) is 0 Å². The highest BCUT2D eigenvalue weighted by atomic mass is 32.1. The fourth-order valence-corrected chi connectivity index (χ4v) is 3.13. The Hall–Kier alpha value is -2.73. The van der Waals surface area contributed by atoms with Gasteiger partial charge in [-0.15, -0.1) is 16.4 Å². The Kier molecular flexibility index (Phi) is 3.31. The molecule has 0 saturated heterocycles. The van der Waals surface area contributed by atoms with Crippen LogP contribution in [0.15, 0.2) is 42.0 Å². The molecule has 4 heterocycles. The molecule has 0 atom stereocenters. The van der Waals surface area contributed by atoms with E-state index in [1.54, 1.807) is 15.9 Å². The Labute approximate surface area is 137 Å². The molecular weight excluding hydrogens is 306 g/mol. The van der Waals surface area contributed by atoms with E-state index in [9.17, 15) is 0 Å². The molecule has 4 rings (SSSR count). The Balaban J connectivity index is 1.66. The summed E-state index contributed by atoms with van der Waals surface area (Å²) >= 11 is 1.69. The van der Waals surface area contributed by atoms with Crippen LogP contribution >= 0.6 is 11.3 Å². The second kappa shape index (κ2) is 5.48. The molecule has 0 saturated carbocycles. The summed E-state index contributed by atoms with van der Waals surface area (Å²) in [7, 11) is 1.99. The van der Waals surface area contributed by atoms with Crippen LogP contribution < -0.4 is 0 Å². The molecule has 4 aromatic rings. The van der Waals surface area contributed by atoms with Crippen LogP contribution in [0, 0.1) is 6.92 Å². The molecule has 0 aliphatic carbocycles. The van der Waals surface area contributed by atoms with Gasteiger partial charge in [0.2, 0.25) is 0 Å². The average Bonchev–Trinajstić information content (AvgIpc) is 3.24. The van der Waals surface area contributed by atoms with Crippen molar-refractivity contribution in [3.05, 3.63) is 59.3 Å². The lowest BCUT2D eigenvalue weighted by Gasteiger charge is -1.92. The molecule has 0 radical (unpaired) electrons. The number of thiophene rings is 1. The number of aromatic nitrogens is 5. The molecular formula is C17H15N5S. The van der Waals surface area contributed by atoms with Gasteiger partial charge in [-0.1, -0.05) is 12.1 Å². The molecule has 0 aliphatic heterocycles. The zero-order chi connectivity index (χ0) is 15.8. The standard InChI is InChI=1S/C17H15N5S/c1-12-5-3-9-22-17(12)19-15(20-22)7-8-16-18-13(11-21(16)2)14-6-4-10-23-14/h3-11H,1-2H3/b8-7+. The lowest BCUT2D eigenvalue weighted by molar-refractivity contribution is 0.897. The van der Waals surface area contributed by atoms with E-state index < -0.39 is 0 Å². The number of fused-ring (bicyclic) bond motifs is 1. The van der Waals surface area contributed by atoms with Crippen LogP contribution in [0.3, 0.4) is 0 Å². The van der Waals surface area contributed by atoms with Crippen molar-refractivity contribution in [2.45, 2.75) is 6.92 Å². The largest absolute Gasteiger partial charge is 0.334 e. The number of nitrogens with zero attached hydrogens (tertiary/aromatic N) is 5. The molecule has 114 valence electrons. The first kappa shape index (κ1) is 13.9. The van der Waals surface area contributed by atoms with Crippen LogP contribution in [-0.2, 0) is 7.05 Å². The third-order valence-corrected chi connectivity index (χ3v) is 4.53. The predicted octanol–water partition coefficient (Wildman–Crippen LogP) is 3.67. The van der Waals surface area contributed by atoms with Gasteiger partial charge in [0.05, 0.1) is 10.6 Å². The van der Waals surface area contributed by atoms with E-state index in [1.807, 2.05) is 61.3 Å². The van der Waals surface area contributed by atoms with E-state index in [0.29, 0.717) is 5.82 Å². The van der Waals surface area contributed by atoms with Gasteiger partial charge in [0.15, 0.2) is 11.5 Å². The average molecular weight is 321 g/mol. The van der Waals surface area contributed by atoms with Crippen LogP contribution in [0.25, 0.3) is 28.4 Å². The van der Waals surface area contributed by atoms with E-state index in [2.05, 4.69) is 26.5 Å². The molecule has 5 nitrogen and oxygen atoms in total. The monoisotopic (exact) mass is 321 g/mol. The molecule has 0 N–H and O–H groups in total. The first-order valence-electron chi connectivity index (χ1n) is 7.28. The van der Waals surface area contributed by atoms with Gasteiger partial charge in [0.1, 0.15) is 5.82 Å². The van der Waals surface area contributed by atoms with Crippen LogP contribution in [0.5, 0.6) is 0 Å². The van der Waals surface area contributed by atoms with Crippen molar-refractivity contribution in [3.8, 4) is 10.6 Å². The van der Waals surface area contributed by atoms with Gasteiger partial charge in [-0.05, 0) is 42.2 Å². The molecule has 23 heavy (non-hydrogen) atoms. The zero-order valence-corrected chi connectivity index (χ0v) is 13.7. The fraction of sp³-hybridized carbons (Fsp3) is 0.118. The molecule has 0 spiro atoms. The van der Waals surface area contributed by atoms with Crippen molar-refractivity contribution in [1.82, 2.24) is 24.1 Å². The van der Waals surface area contributed by atoms with E-state index in [1.165, 1.54) is 4.88 Å². The third-order valence-electron chi connectivity index (χ3n) is 3.64. The summed E-state index contributed by atoms with van der Waals surface area (Å²) in [6.07, 6.45) is 7.78. The minimum absolute atomic E-state index is 0.681. The van der Waals surface area contributed by atoms with Crippen molar-refractivity contribution >= 4 is 29.1 Å². The summed E-state index contributed by atoms with van der Waals surface area (Å²) in [4.78, 5) is 10.4. The molecule has 0 bridgehead atoms. The zero-order valence-electron chi connectivity index (χ0n) is 12.8. The Bertz CT molecular complexity index is 992. The number of hydrogen-bond donors (Lipinski definition) is 0. The van der Waals surface area contributed by atoms with Crippen molar-refractivity contribution in [3.63, 3.8) is 0 Å². The molecule has 0 amide bonds. The van der Waals surface area contributed by atoms with E-state index >= 15 is 0 Å². The molecule has 6 heteroatoms. The lowest BCUT2D eigenvalue weighted by atomic mass is 10.3. The predicted molar refractivity (Wildman–Crippen MR) is 93.2 cm³/mol. The SMILES string of the molecule is Cc1cccn2nc(/C=C/c3nc(-c4cccs4)cn3C)nc12. The first-order valence-corrected chi connectivity index (χ1v) is 8.16.